The Bertz CT molecular complexity index is 2400. The van der Waals surface area contributed by atoms with Crippen LogP contribution in [-0.2, 0) is 71.0 Å². The van der Waals surface area contributed by atoms with Crippen LogP contribution in [0.1, 0.15) is 271 Å². The zero-order chi connectivity index (χ0) is 71.5. The zero-order valence-corrected chi connectivity index (χ0v) is 66.2. The molecule has 6 amide bonds. The number of carboxylic acids is 2. The van der Waals surface area contributed by atoms with Crippen LogP contribution in [-0.4, -0.2) is 151 Å². The van der Waals surface area contributed by atoms with Crippen LogP contribution in [0.25, 0.3) is 0 Å². The van der Waals surface area contributed by atoms with Crippen molar-refractivity contribution in [3.8, 4) is 0 Å². The number of hydrogen-bond acceptors (Lipinski definition) is 20. The van der Waals surface area contributed by atoms with E-state index in [0.29, 0.717) is 44.9 Å². The molecule has 1 aliphatic heterocycles. The molecule has 0 bridgehead atoms. The molecule has 11 N–H and O–H groups in total. The summed E-state index contributed by atoms with van der Waals surface area (Å²) < 4.78 is 34.1. The average molecular weight is 1460 g/mol. The number of carbonyl (C=O) groups is 10. The molecular formula is C68H120N9Na2O18PS. The summed E-state index contributed by atoms with van der Waals surface area (Å²) >= 11 is 0.761. The first-order valence-corrected chi connectivity index (χ1v) is 38.9. The van der Waals surface area contributed by atoms with E-state index in [1.807, 2.05) is 0 Å². The number of aliphatic imine (C=N–C) groups is 1. The molecule has 2 unspecified atom stereocenters. The van der Waals surface area contributed by atoms with Crippen molar-refractivity contribution in [1.82, 2.24) is 26.2 Å². The van der Waals surface area contributed by atoms with Gasteiger partial charge < -0.3 is 81.7 Å². The summed E-state index contributed by atoms with van der Waals surface area (Å²) in [7, 11) is -5.00. The van der Waals surface area contributed by atoms with Gasteiger partial charge in [0.15, 0.2) is 18.1 Å². The van der Waals surface area contributed by atoms with Gasteiger partial charge in [0.05, 0.1) is 37.0 Å². The van der Waals surface area contributed by atoms with E-state index in [1.165, 1.54) is 135 Å². The maximum absolute atomic E-state index is 13.5. The molecule has 0 radical (unpaired) electrons. The van der Waals surface area contributed by atoms with E-state index < -0.39 is 135 Å². The number of quaternary nitrogens is 1. The first kappa shape index (κ1) is 95.6. The predicted molar refractivity (Wildman–Crippen MR) is 364 cm³/mol. The number of thioether (sulfide) groups is 1. The number of likely N-dealkylation sites (tertiary alicyclic amines) is 1. The minimum absolute atomic E-state index is 0. The van der Waals surface area contributed by atoms with Gasteiger partial charge in [-0.25, -0.2) is 0 Å². The van der Waals surface area contributed by atoms with Gasteiger partial charge in [0.1, 0.15) is 12.6 Å². The quantitative estimate of drug-likeness (QED) is 0.00722. The third kappa shape index (κ3) is 49.0. The summed E-state index contributed by atoms with van der Waals surface area (Å²) in [6, 6.07) is -4.44. The molecule has 31 heteroatoms. The third-order valence-electron chi connectivity index (χ3n) is 17.5. The maximum Gasteiger partial charge on any atom is 1.00 e. The van der Waals surface area contributed by atoms with Crippen LogP contribution in [0, 0.1) is 11.8 Å². The second kappa shape index (κ2) is 59.9. The fourth-order valence-corrected chi connectivity index (χ4v) is 13.6. The van der Waals surface area contributed by atoms with E-state index in [2.05, 4.69) is 45.8 Å². The molecule has 0 aromatic rings. The molecule has 1 heterocycles. The summed E-state index contributed by atoms with van der Waals surface area (Å²) in [6.07, 6.45) is 35.5. The number of nitrogens with zero attached hydrogens (tertiary/aromatic N) is 2. The van der Waals surface area contributed by atoms with Crippen LogP contribution in [0.3, 0.4) is 0 Å². The number of phosphoric acid groups is 1. The second-order valence-corrected chi connectivity index (χ2v) is 28.7. The van der Waals surface area contributed by atoms with Crippen molar-refractivity contribution < 1.29 is 151 Å². The van der Waals surface area contributed by atoms with Crippen LogP contribution < -0.4 is 113 Å². The number of hydrogen-bond donors (Lipinski definition) is 7. The van der Waals surface area contributed by atoms with Gasteiger partial charge in [0, 0.05) is 69.4 Å². The van der Waals surface area contributed by atoms with Gasteiger partial charge in [-0.05, 0) is 50.9 Å². The number of aliphatic carboxylic acids is 2. The maximum atomic E-state index is 13.5. The van der Waals surface area contributed by atoms with Crippen molar-refractivity contribution in [1.29, 1.82) is 0 Å². The van der Waals surface area contributed by atoms with Crippen LogP contribution in [0.2, 0.25) is 0 Å². The molecule has 0 spiro atoms. The van der Waals surface area contributed by atoms with Crippen LogP contribution in [0.15, 0.2) is 4.99 Å². The monoisotopic (exact) mass is 1460 g/mol. The van der Waals surface area contributed by atoms with Gasteiger partial charge in [-0.15, -0.1) is 11.8 Å². The predicted octanol–water partition coefficient (Wildman–Crippen LogP) is -1.10. The Kier molecular flexibility index (Phi) is 57.9. The molecule has 6 atom stereocenters. The van der Waals surface area contributed by atoms with Gasteiger partial charge in [0.2, 0.25) is 29.5 Å². The van der Waals surface area contributed by atoms with Gasteiger partial charge in [0.25, 0.3) is 13.7 Å². The average Bonchev–Trinajstić information content (AvgIpc) is 1.69. The number of imide groups is 1. The summed E-state index contributed by atoms with van der Waals surface area (Å²) in [5.74, 6) is -10.2. The SMILES string of the molecule is CCCCCCCCCCCCCCCCCC(=O)OC[C@H](COP(=O)([O-])OCCNC(=O)C1CCC(CN2C(=O)CC(SC[C@H](NC(=O)[C@H](CC(=O)[O-])NC(=O)CNC(=O)[C@@H]([NH3+])CCCN=C(N)N)C(=O)[O-])C2=O)CC1)OC(=O)CCCCCCCCCCCCCCCCC.[Na+].[Na+]. The number of esters is 2. The molecule has 1 saturated carbocycles. The second-order valence-electron chi connectivity index (χ2n) is 26.1. The molecule has 1 saturated heterocycles. The largest absolute Gasteiger partial charge is 1.00 e. The normalized spacial score (nSPS) is 16.9. The topological polar surface area (TPSA) is 437 Å². The summed E-state index contributed by atoms with van der Waals surface area (Å²) in [5.41, 5.74) is 14.3. The fraction of sp³-hybridized carbons (Fsp3) is 0.838. The smallest absolute Gasteiger partial charge is 0.756 e. The van der Waals surface area contributed by atoms with E-state index in [9.17, 15) is 67.6 Å². The number of carboxylic acid groups (broad SMARTS) is 2. The van der Waals surface area contributed by atoms with E-state index in [0.717, 1.165) is 61.6 Å². The molecule has 2 rings (SSSR count). The van der Waals surface area contributed by atoms with Gasteiger partial charge >= 0.3 is 71.1 Å². The number of carbonyl (C=O) groups excluding carboxylic acids is 10. The Morgan fingerprint density at radius 1 is 0.646 bits per heavy atom. The number of rotatable bonds is 61. The summed E-state index contributed by atoms with van der Waals surface area (Å²) in [5, 5.41) is 31.8. The standard InChI is InChI=1S/C68H122N9O18PS.2Na/c1-3-5-7-9-11-13-15-17-19-21-23-25-27-29-31-35-61(82)92-48-53(95-62(83)36-32-30-28-26-24-22-20-18-16-14-12-10-8-6-4-2)49-94-96(90,91)93-43-42-72-63(84)52-39-37-51(38-40-52)47-77-59(79)45-57(66(77)87)97-50-56(67(88)89)76-65(86)55(44-60(80)81)75-58(78)46-74-64(85)54(69)34-33-41-73-68(70)71;;/h51-57H,3-50,69H2,1-2H3,(H,72,84)(H,74,85)(H,75,78)(H,76,86)(H,80,81)(H,88,89)(H,90,91)(H4,70,71,73);;/q;2*+1/p-2/t51?,52?,53-,54+,55+,56+,57?;;/m1../s1. The van der Waals surface area contributed by atoms with Gasteiger partial charge in [-0.3, -0.25) is 52.8 Å². The van der Waals surface area contributed by atoms with Crippen LogP contribution >= 0.6 is 19.6 Å². The zero-order valence-electron chi connectivity index (χ0n) is 60.4. The molecule has 558 valence electrons. The Morgan fingerprint density at radius 2 is 1.14 bits per heavy atom. The molecule has 1 aliphatic carbocycles. The first-order chi connectivity index (χ1) is 46.5. The number of guanidine groups is 1. The summed E-state index contributed by atoms with van der Waals surface area (Å²) in [6.45, 7) is 2.35. The van der Waals surface area contributed by atoms with E-state index >= 15 is 0 Å². The van der Waals surface area contributed by atoms with E-state index in [4.69, 9.17) is 30.0 Å². The third-order valence-corrected chi connectivity index (χ3v) is 19.8. The number of nitrogens with one attached hydrogen (secondary N) is 4. The number of nitrogens with two attached hydrogens (primary N) is 2. The van der Waals surface area contributed by atoms with Crippen molar-refractivity contribution in [2.45, 2.75) is 300 Å². The Labute approximate surface area is 637 Å². The van der Waals surface area contributed by atoms with Crippen LogP contribution in [0.5, 0.6) is 0 Å². The molecular weight excluding hydrogens is 1340 g/mol. The van der Waals surface area contributed by atoms with Crippen molar-refractivity contribution in [2.24, 2.45) is 28.3 Å². The number of phosphoric ester groups is 1. The number of amides is 6. The summed E-state index contributed by atoms with van der Waals surface area (Å²) in [4.78, 5) is 145. The van der Waals surface area contributed by atoms with Crippen molar-refractivity contribution in [3.63, 3.8) is 0 Å². The molecule has 27 nitrogen and oxygen atoms in total. The Hall–Kier alpha value is -3.41. The minimum Gasteiger partial charge on any atom is -0.756 e. The van der Waals surface area contributed by atoms with Crippen molar-refractivity contribution in [2.75, 3.05) is 51.8 Å². The molecule has 2 fully saturated rings. The Balaban J connectivity index is 0.0000480. The van der Waals surface area contributed by atoms with Crippen molar-refractivity contribution >= 4 is 84.9 Å². The molecule has 2 aliphatic rings. The molecule has 0 aromatic carbocycles. The molecule has 99 heavy (non-hydrogen) atoms. The molecule has 0 aromatic heterocycles. The minimum atomic E-state index is -5.00. The van der Waals surface area contributed by atoms with Gasteiger partial charge in [-0.2, -0.15) is 0 Å². The Morgan fingerprint density at radius 3 is 1.63 bits per heavy atom. The number of unbranched alkanes of at least 4 members (excludes halogenated alkanes) is 28. The number of ether oxygens (including phenoxy) is 2. The first-order valence-electron chi connectivity index (χ1n) is 36.4. The van der Waals surface area contributed by atoms with E-state index in [-0.39, 0.29) is 122 Å². The van der Waals surface area contributed by atoms with E-state index in [1.54, 1.807) is 0 Å². The van der Waals surface area contributed by atoms with Crippen molar-refractivity contribution in [3.05, 3.63) is 0 Å². The van der Waals surface area contributed by atoms with Crippen LogP contribution in [0.4, 0.5) is 0 Å². The fourth-order valence-electron chi connectivity index (χ4n) is 11.7. The van der Waals surface area contributed by atoms with Gasteiger partial charge in [-0.1, -0.05) is 194 Å².